The van der Waals surface area contributed by atoms with Crippen LogP contribution in [0, 0.1) is 0 Å². The molecule has 0 rings (SSSR count). The summed E-state index contributed by atoms with van der Waals surface area (Å²) in [4.78, 5) is 38.3. The molecule has 0 fully saturated rings. The van der Waals surface area contributed by atoms with Crippen LogP contribution in [0.1, 0.15) is 406 Å². The number of carbonyl (C=O) groups excluding carboxylic acids is 3. The van der Waals surface area contributed by atoms with Crippen LogP contribution in [0.5, 0.6) is 0 Å². The van der Waals surface area contributed by atoms with E-state index < -0.39 is 6.10 Å². The van der Waals surface area contributed by atoms with E-state index in [0.717, 1.165) is 57.8 Å². The largest absolute Gasteiger partial charge is 0.462 e. The molecule has 0 radical (unpaired) electrons. The summed E-state index contributed by atoms with van der Waals surface area (Å²) in [6.45, 7) is 6.69. The molecule has 0 saturated heterocycles. The van der Waals surface area contributed by atoms with Gasteiger partial charge in [0, 0.05) is 19.3 Å². The molecule has 1 unspecified atom stereocenters. The second-order valence-corrected chi connectivity index (χ2v) is 24.5. The summed E-state index contributed by atoms with van der Waals surface area (Å²) in [5, 5.41) is 0. The molecule has 0 bridgehead atoms. The first kappa shape index (κ1) is 76.9. The third-order valence-electron chi connectivity index (χ3n) is 16.4. The molecule has 0 aliphatic heterocycles. The average molecular weight is 1110 g/mol. The van der Waals surface area contributed by atoms with Crippen molar-refractivity contribution in [3.63, 3.8) is 0 Å². The normalized spacial score (nSPS) is 12.1. The fourth-order valence-electron chi connectivity index (χ4n) is 11.0. The number of hydrogen-bond donors (Lipinski definition) is 0. The van der Waals surface area contributed by atoms with Crippen molar-refractivity contribution in [2.75, 3.05) is 13.2 Å². The van der Waals surface area contributed by atoms with Crippen LogP contribution in [0.3, 0.4) is 0 Å². The zero-order valence-corrected chi connectivity index (χ0v) is 53.7. The molecule has 0 spiro atoms. The van der Waals surface area contributed by atoms with E-state index in [1.807, 2.05) is 0 Å². The van der Waals surface area contributed by atoms with Crippen molar-refractivity contribution in [1.82, 2.24) is 0 Å². The Labute approximate surface area is 493 Å². The molecule has 0 saturated carbocycles. The number of rotatable bonds is 67. The Morgan fingerprint density at radius 1 is 0.241 bits per heavy atom. The van der Waals surface area contributed by atoms with Crippen LogP contribution in [0.25, 0.3) is 0 Å². The first-order chi connectivity index (χ1) is 39.0. The highest BCUT2D eigenvalue weighted by atomic mass is 16.6. The van der Waals surface area contributed by atoms with Gasteiger partial charge < -0.3 is 14.2 Å². The summed E-state index contributed by atoms with van der Waals surface area (Å²) in [5.74, 6) is -0.844. The molecular weight excluding hydrogens is 973 g/mol. The first-order valence-electron chi connectivity index (χ1n) is 35.8. The van der Waals surface area contributed by atoms with Gasteiger partial charge in [0.25, 0.3) is 0 Å². The Kier molecular flexibility index (Phi) is 66.6. The van der Waals surface area contributed by atoms with Crippen LogP contribution < -0.4 is 0 Å². The molecule has 0 aliphatic carbocycles. The van der Waals surface area contributed by atoms with E-state index in [9.17, 15) is 14.4 Å². The lowest BCUT2D eigenvalue weighted by Gasteiger charge is -2.18. The summed E-state index contributed by atoms with van der Waals surface area (Å²) in [7, 11) is 0. The van der Waals surface area contributed by atoms with E-state index in [-0.39, 0.29) is 31.1 Å². The van der Waals surface area contributed by atoms with Gasteiger partial charge >= 0.3 is 17.9 Å². The first-order valence-corrected chi connectivity index (χ1v) is 35.8. The van der Waals surface area contributed by atoms with Gasteiger partial charge in [-0.3, -0.25) is 14.4 Å². The molecular formula is C73H138O6. The van der Waals surface area contributed by atoms with Crippen molar-refractivity contribution in [2.24, 2.45) is 0 Å². The molecule has 0 amide bonds. The Hall–Kier alpha value is -2.11. The van der Waals surface area contributed by atoms with Gasteiger partial charge in [0.1, 0.15) is 13.2 Å². The van der Waals surface area contributed by atoms with Gasteiger partial charge in [-0.05, 0) is 70.6 Å². The topological polar surface area (TPSA) is 78.9 Å². The number of hydrogen-bond acceptors (Lipinski definition) is 6. The summed E-state index contributed by atoms with van der Waals surface area (Å²) in [6.07, 6.45) is 83.8. The molecule has 0 aliphatic rings. The quantitative estimate of drug-likeness (QED) is 0.0261. The molecule has 0 aromatic rings. The lowest BCUT2D eigenvalue weighted by Crippen LogP contribution is -2.30. The van der Waals surface area contributed by atoms with Crippen LogP contribution in [0.4, 0.5) is 0 Å². The van der Waals surface area contributed by atoms with E-state index in [2.05, 4.69) is 45.1 Å². The predicted octanol–water partition coefficient (Wildman–Crippen LogP) is 24.6. The van der Waals surface area contributed by atoms with E-state index in [0.29, 0.717) is 19.3 Å². The van der Waals surface area contributed by atoms with Crippen molar-refractivity contribution >= 4 is 17.9 Å². The highest BCUT2D eigenvalue weighted by Gasteiger charge is 2.19. The number of unbranched alkanes of at least 4 members (excludes halogenated alkanes) is 52. The molecule has 0 heterocycles. The van der Waals surface area contributed by atoms with Gasteiger partial charge in [-0.2, -0.15) is 0 Å². The molecule has 6 heteroatoms. The fourth-order valence-corrected chi connectivity index (χ4v) is 11.0. The predicted molar refractivity (Wildman–Crippen MR) is 344 cm³/mol. The van der Waals surface area contributed by atoms with Gasteiger partial charge in [0.05, 0.1) is 0 Å². The van der Waals surface area contributed by atoms with Gasteiger partial charge in [-0.1, -0.05) is 340 Å². The lowest BCUT2D eigenvalue weighted by atomic mass is 10.0. The van der Waals surface area contributed by atoms with Crippen LogP contribution in [0.15, 0.2) is 24.3 Å². The molecule has 0 N–H and O–H groups in total. The second kappa shape index (κ2) is 68.4. The maximum atomic E-state index is 12.9. The van der Waals surface area contributed by atoms with Crippen molar-refractivity contribution in [3.05, 3.63) is 24.3 Å². The van der Waals surface area contributed by atoms with E-state index in [1.165, 1.54) is 308 Å². The zero-order chi connectivity index (χ0) is 57.1. The van der Waals surface area contributed by atoms with Crippen LogP contribution in [-0.2, 0) is 28.6 Å². The minimum atomic E-state index is -0.769. The van der Waals surface area contributed by atoms with Crippen LogP contribution in [-0.4, -0.2) is 37.2 Å². The third-order valence-corrected chi connectivity index (χ3v) is 16.4. The molecule has 466 valence electrons. The number of allylic oxidation sites excluding steroid dienone is 4. The van der Waals surface area contributed by atoms with Gasteiger partial charge in [-0.15, -0.1) is 0 Å². The van der Waals surface area contributed by atoms with E-state index >= 15 is 0 Å². The maximum Gasteiger partial charge on any atom is 0.306 e. The van der Waals surface area contributed by atoms with Crippen molar-refractivity contribution < 1.29 is 28.6 Å². The summed E-state index contributed by atoms with van der Waals surface area (Å²) in [5.41, 5.74) is 0. The Balaban J connectivity index is 4.04. The van der Waals surface area contributed by atoms with Crippen LogP contribution in [0.2, 0.25) is 0 Å². The monoisotopic (exact) mass is 1110 g/mol. The third kappa shape index (κ3) is 66.6. The van der Waals surface area contributed by atoms with Gasteiger partial charge in [0.15, 0.2) is 6.10 Å². The van der Waals surface area contributed by atoms with E-state index in [4.69, 9.17) is 14.2 Å². The van der Waals surface area contributed by atoms with Crippen LogP contribution >= 0.6 is 0 Å². The zero-order valence-electron chi connectivity index (χ0n) is 53.7. The number of ether oxygens (including phenoxy) is 3. The van der Waals surface area contributed by atoms with Crippen molar-refractivity contribution in [3.8, 4) is 0 Å². The summed E-state index contributed by atoms with van der Waals surface area (Å²) >= 11 is 0. The number of esters is 3. The minimum Gasteiger partial charge on any atom is -0.462 e. The second-order valence-electron chi connectivity index (χ2n) is 24.5. The van der Waals surface area contributed by atoms with Crippen molar-refractivity contribution in [1.29, 1.82) is 0 Å². The van der Waals surface area contributed by atoms with Gasteiger partial charge in [0.2, 0.25) is 0 Å². The standard InChI is InChI=1S/C73H138O6/c1-4-7-10-13-16-19-22-24-26-28-30-31-32-33-34-35-36-37-38-39-40-41-42-43-44-46-47-49-51-54-57-60-63-66-72(75)78-69-70(68-77-71(74)65-62-59-56-53-21-18-15-12-9-6-3)79-73(76)67-64-61-58-55-52-50-48-45-29-27-25-23-20-17-14-11-8-5-2/h27-30,70H,4-26,31-69H2,1-3H3/b29-27-,30-28-. The Bertz CT molecular complexity index is 1270. The average Bonchev–Trinajstić information content (AvgIpc) is 3.45. The molecule has 1 atom stereocenters. The smallest absolute Gasteiger partial charge is 0.306 e. The van der Waals surface area contributed by atoms with E-state index in [1.54, 1.807) is 0 Å². The van der Waals surface area contributed by atoms with Crippen molar-refractivity contribution in [2.45, 2.75) is 412 Å². The Morgan fingerprint density at radius 2 is 0.418 bits per heavy atom. The minimum absolute atomic E-state index is 0.0667. The molecule has 6 nitrogen and oxygen atoms in total. The SMILES string of the molecule is CCCCCCCCC/C=C\CCCCCCCCCC(=O)OC(COC(=O)CCCCCCCCCCCC)COC(=O)CCCCCCCCCCCCCCCCCCCCCCC/C=C\CCCCCCCCCC. The highest BCUT2D eigenvalue weighted by Crippen LogP contribution is 2.19. The molecule has 0 aromatic carbocycles. The highest BCUT2D eigenvalue weighted by molar-refractivity contribution is 5.71. The Morgan fingerprint density at radius 3 is 0.633 bits per heavy atom. The fraction of sp³-hybridized carbons (Fsp3) is 0.904. The lowest BCUT2D eigenvalue weighted by molar-refractivity contribution is -0.167. The maximum absolute atomic E-state index is 12.9. The molecule has 79 heavy (non-hydrogen) atoms. The summed E-state index contributed by atoms with van der Waals surface area (Å²) in [6, 6.07) is 0. The van der Waals surface area contributed by atoms with Gasteiger partial charge in [-0.25, -0.2) is 0 Å². The summed E-state index contributed by atoms with van der Waals surface area (Å²) < 4.78 is 16.9. The molecule has 0 aromatic heterocycles. The number of carbonyl (C=O) groups is 3.